The highest BCUT2D eigenvalue weighted by Gasteiger charge is 2.25. The van der Waals surface area contributed by atoms with Crippen LogP contribution in [0.15, 0.2) is 18.2 Å². The second kappa shape index (κ2) is 6.38. The van der Waals surface area contributed by atoms with E-state index in [1.54, 1.807) is 13.0 Å². The molecule has 0 saturated heterocycles. The molecule has 1 aromatic carbocycles. The molecule has 106 valence electrons. The summed E-state index contributed by atoms with van der Waals surface area (Å²) in [6, 6.07) is 4.76. The van der Waals surface area contributed by atoms with Gasteiger partial charge in [0.05, 0.1) is 0 Å². The Morgan fingerprint density at radius 3 is 2.74 bits per heavy atom. The third-order valence-electron chi connectivity index (χ3n) is 4.11. The Morgan fingerprint density at radius 1 is 1.37 bits per heavy atom. The Labute approximate surface area is 115 Å². The quantitative estimate of drug-likeness (QED) is 0.885. The van der Waals surface area contributed by atoms with E-state index in [0.717, 1.165) is 12.8 Å². The second-order valence-electron chi connectivity index (χ2n) is 5.58. The monoisotopic (exact) mass is 265 g/mol. The van der Waals surface area contributed by atoms with Crippen molar-refractivity contribution < 1.29 is 9.13 Å². The molecule has 0 bridgehead atoms. The van der Waals surface area contributed by atoms with Gasteiger partial charge in [-0.3, -0.25) is 0 Å². The van der Waals surface area contributed by atoms with E-state index in [-0.39, 0.29) is 18.0 Å². The Bertz CT molecular complexity index is 419. The van der Waals surface area contributed by atoms with Crippen molar-refractivity contribution in [1.29, 1.82) is 0 Å². The maximum atomic E-state index is 13.9. The molecule has 2 rings (SSSR count). The van der Waals surface area contributed by atoms with Gasteiger partial charge in [-0.1, -0.05) is 19.4 Å². The van der Waals surface area contributed by atoms with E-state index in [4.69, 9.17) is 10.5 Å². The number of hydrogen-bond acceptors (Lipinski definition) is 2. The molecule has 0 aromatic heterocycles. The van der Waals surface area contributed by atoms with Crippen molar-refractivity contribution in [2.45, 2.75) is 58.1 Å². The molecule has 0 amide bonds. The van der Waals surface area contributed by atoms with Crippen LogP contribution in [0.1, 0.15) is 57.6 Å². The highest BCUT2D eigenvalue weighted by Crippen LogP contribution is 2.31. The minimum Gasteiger partial charge on any atom is -0.490 e. The molecule has 1 aliphatic carbocycles. The molecule has 1 aliphatic rings. The Hall–Kier alpha value is -1.09. The molecule has 1 aromatic rings. The first-order valence-corrected chi connectivity index (χ1v) is 7.33. The number of rotatable bonds is 4. The summed E-state index contributed by atoms with van der Waals surface area (Å²) in [6.45, 7) is 3.99. The van der Waals surface area contributed by atoms with Crippen LogP contribution in [0.4, 0.5) is 4.39 Å². The first-order valence-electron chi connectivity index (χ1n) is 7.33. The Kier molecular flexibility index (Phi) is 4.81. The van der Waals surface area contributed by atoms with Gasteiger partial charge in [-0.15, -0.1) is 0 Å². The van der Waals surface area contributed by atoms with Gasteiger partial charge in [-0.05, 0) is 44.6 Å². The van der Waals surface area contributed by atoms with Gasteiger partial charge in [-0.25, -0.2) is 4.39 Å². The van der Waals surface area contributed by atoms with Gasteiger partial charge in [0.25, 0.3) is 0 Å². The highest BCUT2D eigenvalue weighted by atomic mass is 19.1. The molecule has 1 saturated carbocycles. The number of hydrogen-bond donors (Lipinski definition) is 1. The summed E-state index contributed by atoms with van der Waals surface area (Å²) in [7, 11) is 0. The van der Waals surface area contributed by atoms with Gasteiger partial charge in [0, 0.05) is 17.7 Å². The third kappa shape index (κ3) is 3.47. The fourth-order valence-electron chi connectivity index (χ4n) is 2.92. The number of halogens is 1. The smallest absolute Gasteiger partial charge is 0.131 e. The van der Waals surface area contributed by atoms with Gasteiger partial charge in [0.2, 0.25) is 0 Å². The lowest BCUT2D eigenvalue weighted by molar-refractivity contribution is 0.0900. The molecule has 3 atom stereocenters. The van der Waals surface area contributed by atoms with E-state index in [1.165, 1.54) is 25.3 Å². The molecule has 2 unspecified atom stereocenters. The number of ether oxygens (including phenoxy) is 1. The van der Waals surface area contributed by atoms with Crippen molar-refractivity contribution in [2.24, 2.45) is 11.7 Å². The van der Waals surface area contributed by atoms with E-state index in [2.05, 4.69) is 6.92 Å². The van der Waals surface area contributed by atoms with Gasteiger partial charge in [0.1, 0.15) is 17.7 Å². The summed E-state index contributed by atoms with van der Waals surface area (Å²) in [5, 5.41) is 0. The standard InChI is InChI=1S/C16H24FNO/c1-3-12-6-4-5-7-16(12)19-13-8-9-14(11(2)18)15(17)10-13/h8-12,16H,3-7,18H2,1-2H3/t11-,12?,16?/m1/s1. The highest BCUT2D eigenvalue weighted by molar-refractivity contribution is 5.30. The number of benzene rings is 1. The Balaban J connectivity index is 2.08. The van der Waals surface area contributed by atoms with Crippen molar-refractivity contribution in [1.82, 2.24) is 0 Å². The van der Waals surface area contributed by atoms with Crippen molar-refractivity contribution >= 4 is 0 Å². The van der Waals surface area contributed by atoms with Gasteiger partial charge in [-0.2, -0.15) is 0 Å². The van der Waals surface area contributed by atoms with Crippen molar-refractivity contribution in [2.75, 3.05) is 0 Å². The molecule has 3 heteroatoms. The maximum absolute atomic E-state index is 13.9. The van der Waals surface area contributed by atoms with Crippen LogP contribution in [0.3, 0.4) is 0 Å². The average Bonchev–Trinajstić information content (AvgIpc) is 2.39. The third-order valence-corrected chi connectivity index (χ3v) is 4.11. The van der Waals surface area contributed by atoms with Crippen molar-refractivity contribution in [3.8, 4) is 5.75 Å². The molecule has 19 heavy (non-hydrogen) atoms. The summed E-state index contributed by atoms with van der Waals surface area (Å²) < 4.78 is 19.9. The zero-order chi connectivity index (χ0) is 13.8. The fourth-order valence-corrected chi connectivity index (χ4v) is 2.92. The minimum absolute atomic E-state index is 0.235. The van der Waals surface area contributed by atoms with Crippen LogP contribution in [0, 0.1) is 11.7 Å². The van der Waals surface area contributed by atoms with Gasteiger partial charge in [0.15, 0.2) is 0 Å². The lowest BCUT2D eigenvalue weighted by Crippen LogP contribution is -2.29. The minimum atomic E-state index is -0.285. The van der Waals surface area contributed by atoms with E-state index in [0.29, 0.717) is 17.2 Å². The predicted molar refractivity (Wildman–Crippen MR) is 75.7 cm³/mol. The normalized spacial score (nSPS) is 25.1. The molecule has 0 spiro atoms. The molecule has 0 radical (unpaired) electrons. The lowest BCUT2D eigenvalue weighted by atomic mass is 9.85. The van der Waals surface area contributed by atoms with Crippen molar-refractivity contribution in [3.05, 3.63) is 29.6 Å². The second-order valence-corrected chi connectivity index (χ2v) is 5.58. The summed E-state index contributed by atoms with van der Waals surface area (Å²) in [4.78, 5) is 0. The lowest BCUT2D eigenvalue weighted by Gasteiger charge is -2.31. The van der Waals surface area contributed by atoms with E-state index in [1.807, 2.05) is 6.07 Å². The molecule has 1 fully saturated rings. The Morgan fingerprint density at radius 2 is 2.11 bits per heavy atom. The van der Waals surface area contributed by atoms with E-state index >= 15 is 0 Å². The first kappa shape index (κ1) is 14.3. The molecular formula is C16H24FNO. The molecule has 2 nitrogen and oxygen atoms in total. The molecule has 2 N–H and O–H groups in total. The van der Waals surface area contributed by atoms with E-state index in [9.17, 15) is 4.39 Å². The van der Waals surface area contributed by atoms with E-state index < -0.39 is 0 Å². The predicted octanol–water partition coefficient (Wildman–Crippen LogP) is 4.19. The molecular weight excluding hydrogens is 241 g/mol. The van der Waals surface area contributed by atoms with Crippen LogP contribution in [0.5, 0.6) is 5.75 Å². The molecule has 0 aliphatic heterocycles. The maximum Gasteiger partial charge on any atom is 0.131 e. The van der Waals surface area contributed by atoms with Crippen molar-refractivity contribution in [3.63, 3.8) is 0 Å². The first-order chi connectivity index (χ1) is 9.11. The summed E-state index contributed by atoms with van der Waals surface area (Å²) >= 11 is 0. The average molecular weight is 265 g/mol. The van der Waals surface area contributed by atoms with Crippen LogP contribution in [0.25, 0.3) is 0 Å². The topological polar surface area (TPSA) is 35.2 Å². The SMILES string of the molecule is CCC1CCCCC1Oc1ccc([C@@H](C)N)c(F)c1. The van der Waals surface area contributed by atoms with Crippen LogP contribution < -0.4 is 10.5 Å². The summed E-state index contributed by atoms with van der Waals surface area (Å²) in [5.41, 5.74) is 6.26. The number of nitrogens with two attached hydrogens (primary N) is 1. The van der Waals surface area contributed by atoms with Crippen LogP contribution in [-0.2, 0) is 0 Å². The molecule has 0 heterocycles. The van der Waals surface area contributed by atoms with Gasteiger partial charge < -0.3 is 10.5 Å². The van der Waals surface area contributed by atoms with Crippen LogP contribution in [0.2, 0.25) is 0 Å². The fraction of sp³-hybridized carbons (Fsp3) is 0.625. The largest absolute Gasteiger partial charge is 0.490 e. The van der Waals surface area contributed by atoms with Crippen LogP contribution in [-0.4, -0.2) is 6.10 Å². The zero-order valence-electron chi connectivity index (χ0n) is 11.9. The zero-order valence-corrected chi connectivity index (χ0v) is 11.9. The van der Waals surface area contributed by atoms with Gasteiger partial charge >= 0.3 is 0 Å². The van der Waals surface area contributed by atoms with Crippen LogP contribution >= 0.6 is 0 Å². The summed E-state index contributed by atoms with van der Waals surface area (Å²) in [6.07, 6.45) is 6.17. The summed E-state index contributed by atoms with van der Waals surface area (Å²) in [5.74, 6) is 0.966.